The molecule has 0 unspecified atom stereocenters. The monoisotopic (exact) mass is 366 g/mol. The van der Waals surface area contributed by atoms with Gasteiger partial charge in [-0.1, -0.05) is 23.5 Å². The summed E-state index contributed by atoms with van der Waals surface area (Å²) in [7, 11) is 1.60. The summed E-state index contributed by atoms with van der Waals surface area (Å²) in [5, 5.41) is 3.23. The SMILES string of the molecule is COc1ccc2nc(NC(=O)Cn3c(=O)cnc4ccccc43)sc2c1. The van der Waals surface area contributed by atoms with Crippen molar-refractivity contribution < 1.29 is 9.53 Å². The van der Waals surface area contributed by atoms with Crippen molar-refractivity contribution in [2.45, 2.75) is 6.54 Å². The third-order valence-corrected chi connectivity index (χ3v) is 4.83. The summed E-state index contributed by atoms with van der Waals surface area (Å²) in [6, 6.07) is 12.7. The number of ether oxygens (including phenoxy) is 1. The van der Waals surface area contributed by atoms with Crippen molar-refractivity contribution in [2.24, 2.45) is 0 Å². The number of fused-ring (bicyclic) bond motifs is 2. The molecule has 2 aromatic carbocycles. The van der Waals surface area contributed by atoms with Crippen molar-refractivity contribution in [3.8, 4) is 5.75 Å². The molecule has 0 aliphatic rings. The number of carbonyl (C=O) groups excluding carboxylic acids is 1. The van der Waals surface area contributed by atoms with Crippen molar-refractivity contribution in [1.82, 2.24) is 14.5 Å². The summed E-state index contributed by atoms with van der Waals surface area (Å²) >= 11 is 1.35. The van der Waals surface area contributed by atoms with E-state index >= 15 is 0 Å². The Morgan fingerprint density at radius 3 is 2.92 bits per heavy atom. The van der Waals surface area contributed by atoms with E-state index in [9.17, 15) is 9.59 Å². The lowest BCUT2D eigenvalue weighted by molar-refractivity contribution is -0.116. The van der Waals surface area contributed by atoms with E-state index in [2.05, 4.69) is 15.3 Å². The molecule has 0 saturated carbocycles. The van der Waals surface area contributed by atoms with Gasteiger partial charge in [-0.3, -0.25) is 14.2 Å². The second-order valence-electron chi connectivity index (χ2n) is 5.57. The fourth-order valence-corrected chi connectivity index (χ4v) is 3.58. The van der Waals surface area contributed by atoms with Gasteiger partial charge in [-0.25, -0.2) is 9.97 Å². The lowest BCUT2D eigenvalue weighted by Gasteiger charge is -2.08. The number of rotatable bonds is 4. The van der Waals surface area contributed by atoms with Crippen LogP contribution in [0, 0.1) is 0 Å². The van der Waals surface area contributed by atoms with Gasteiger partial charge in [0.05, 0.1) is 34.6 Å². The van der Waals surface area contributed by atoms with Crippen LogP contribution in [0.4, 0.5) is 5.13 Å². The first-order valence-electron chi connectivity index (χ1n) is 7.83. The topological polar surface area (TPSA) is 86.1 Å². The molecular formula is C18H14N4O3S. The highest BCUT2D eigenvalue weighted by molar-refractivity contribution is 7.22. The van der Waals surface area contributed by atoms with Gasteiger partial charge in [0.1, 0.15) is 12.3 Å². The van der Waals surface area contributed by atoms with Crippen molar-refractivity contribution in [1.29, 1.82) is 0 Å². The number of hydrogen-bond acceptors (Lipinski definition) is 6. The zero-order valence-corrected chi connectivity index (χ0v) is 14.6. The van der Waals surface area contributed by atoms with E-state index in [4.69, 9.17) is 4.74 Å². The van der Waals surface area contributed by atoms with E-state index in [1.807, 2.05) is 24.3 Å². The first-order valence-corrected chi connectivity index (χ1v) is 8.65. The van der Waals surface area contributed by atoms with Crippen LogP contribution in [-0.4, -0.2) is 27.6 Å². The van der Waals surface area contributed by atoms with Crippen LogP contribution in [0.25, 0.3) is 21.3 Å². The molecule has 0 atom stereocenters. The molecule has 0 fully saturated rings. The minimum Gasteiger partial charge on any atom is -0.497 e. The number of carbonyl (C=O) groups is 1. The van der Waals surface area contributed by atoms with Crippen LogP contribution in [-0.2, 0) is 11.3 Å². The smallest absolute Gasteiger partial charge is 0.269 e. The van der Waals surface area contributed by atoms with Gasteiger partial charge in [-0.05, 0) is 30.3 Å². The average molecular weight is 366 g/mol. The minimum absolute atomic E-state index is 0.110. The Kier molecular flexibility index (Phi) is 4.10. The molecule has 0 aliphatic carbocycles. The molecule has 1 amide bonds. The minimum atomic E-state index is -0.326. The molecule has 1 N–H and O–H groups in total. The summed E-state index contributed by atoms with van der Waals surface area (Å²) in [6.45, 7) is -0.110. The summed E-state index contributed by atoms with van der Waals surface area (Å²) in [4.78, 5) is 33.0. The predicted octanol–water partition coefficient (Wildman–Crippen LogP) is 2.65. The molecule has 0 bridgehead atoms. The zero-order chi connectivity index (χ0) is 18.1. The van der Waals surface area contributed by atoms with Crippen molar-refractivity contribution in [3.05, 3.63) is 59.0 Å². The fourth-order valence-electron chi connectivity index (χ4n) is 2.67. The standard InChI is InChI=1S/C18H14N4O3S/c1-25-11-6-7-13-15(8-11)26-18(20-13)21-16(23)10-22-14-5-3-2-4-12(14)19-9-17(22)24/h2-9H,10H2,1H3,(H,20,21,23). The number of methoxy groups -OCH3 is 1. The normalized spacial score (nSPS) is 11.0. The van der Waals surface area contributed by atoms with Gasteiger partial charge >= 0.3 is 0 Å². The molecule has 2 heterocycles. The Hall–Kier alpha value is -3.26. The van der Waals surface area contributed by atoms with Crippen LogP contribution in [0.15, 0.2) is 53.5 Å². The first-order chi connectivity index (χ1) is 12.6. The molecule has 0 radical (unpaired) electrons. The summed E-state index contributed by atoms with van der Waals surface area (Å²) < 4.78 is 7.50. The molecule has 7 nitrogen and oxygen atoms in total. The number of aromatic nitrogens is 3. The maximum Gasteiger partial charge on any atom is 0.269 e. The van der Waals surface area contributed by atoms with Crippen molar-refractivity contribution >= 4 is 43.6 Å². The molecule has 130 valence electrons. The van der Waals surface area contributed by atoms with Crippen LogP contribution in [0.2, 0.25) is 0 Å². The number of nitrogens with zero attached hydrogens (tertiary/aromatic N) is 3. The highest BCUT2D eigenvalue weighted by Crippen LogP contribution is 2.29. The number of anilines is 1. The van der Waals surface area contributed by atoms with E-state index in [1.165, 1.54) is 22.1 Å². The molecule has 0 saturated heterocycles. The lowest BCUT2D eigenvalue weighted by Crippen LogP contribution is -2.27. The molecular weight excluding hydrogens is 352 g/mol. The Morgan fingerprint density at radius 1 is 1.23 bits per heavy atom. The number of benzene rings is 2. The third kappa shape index (κ3) is 3.02. The van der Waals surface area contributed by atoms with Gasteiger partial charge in [0.15, 0.2) is 5.13 Å². The van der Waals surface area contributed by atoms with E-state index in [-0.39, 0.29) is 18.0 Å². The van der Waals surface area contributed by atoms with E-state index in [0.29, 0.717) is 16.2 Å². The predicted molar refractivity (Wildman–Crippen MR) is 101 cm³/mol. The van der Waals surface area contributed by atoms with Gasteiger partial charge in [-0.2, -0.15) is 0 Å². The van der Waals surface area contributed by atoms with Gasteiger partial charge in [-0.15, -0.1) is 0 Å². The second-order valence-corrected chi connectivity index (χ2v) is 6.60. The van der Waals surface area contributed by atoms with Gasteiger partial charge in [0.25, 0.3) is 5.56 Å². The van der Waals surface area contributed by atoms with Crippen LogP contribution in [0.3, 0.4) is 0 Å². The first kappa shape index (κ1) is 16.2. The number of para-hydroxylation sites is 2. The maximum atomic E-state index is 12.4. The molecule has 26 heavy (non-hydrogen) atoms. The Balaban J connectivity index is 1.60. The highest BCUT2D eigenvalue weighted by atomic mass is 32.1. The zero-order valence-electron chi connectivity index (χ0n) is 13.8. The summed E-state index contributed by atoms with van der Waals surface area (Å²) in [6.07, 6.45) is 1.22. The van der Waals surface area contributed by atoms with Gasteiger partial charge < -0.3 is 10.1 Å². The largest absolute Gasteiger partial charge is 0.497 e. The molecule has 4 rings (SSSR count). The van der Waals surface area contributed by atoms with E-state index in [1.54, 1.807) is 25.3 Å². The van der Waals surface area contributed by atoms with E-state index < -0.39 is 0 Å². The number of amides is 1. The van der Waals surface area contributed by atoms with Crippen LogP contribution < -0.4 is 15.6 Å². The van der Waals surface area contributed by atoms with E-state index in [0.717, 1.165) is 16.0 Å². The van der Waals surface area contributed by atoms with Crippen molar-refractivity contribution in [3.63, 3.8) is 0 Å². The molecule has 8 heteroatoms. The third-order valence-electron chi connectivity index (χ3n) is 3.90. The quantitative estimate of drug-likeness (QED) is 0.600. The number of hydrogen-bond donors (Lipinski definition) is 1. The summed E-state index contributed by atoms with van der Waals surface area (Å²) in [5.74, 6) is 0.406. The van der Waals surface area contributed by atoms with Gasteiger partial charge in [0, 0.05) is 0 Å². The number of nitrogens with one attached hydrogen (secondary N) is 1. The number of thiazole rings is 1. The molecule has 0 spiro atoms. The maximum absolute atomic E-state index is 12.4. The van der Waals surface area contributed by atoms with Crippen molar-refractivity contribution in [2.75, 3.05) is 12.4 Å². The Morgan fingerprint density at radius 2 is 2.08 bits per heavy atom. The summed E-state index contributed by atoms with van der Waals surface area (Å²) in [5.41, 5.74) is 1.72. The average Bonchev–Trinajstić information content (AvgIpc) is 3.05. The Labute approximate surface area is 151 Å². The molecule has 2 aromatic heterocycles. The molecule has 4 aromatic rings. The second kappa shape index (κ2) is 6.57. The fraction of sp³-hybridized carbons (Fsp3) is 0.111. The lowest BCUT2D eigenvalue weighted by atomic mass is 10.3. The molecule has 0 aliphatic heterocycles. The van der Waals surface area contributed by atoms with Crippen LogP contribution in [0.1, 0.15) is 0 Å². The van der Waals surface area contributed by atoms with Gasteiger partial charge in [0.2, 0.25) is 5.91 Å². The Bertz CT molecular complexity index is 1180. The van der Waals surface area contributed by atoms with Crippen LogP contribution >= 0.6 is 11.3 Å². The highest BCUT2D eigenvalue weighted by Gasteiger charge is 2.12. The van der Waals surface area contributed by atoms with Crippen LogP contribution in [0.5, 0.6) is 5.75 Å².